The summed E-state index contributed by atoms with van der Waals surface area (Å²) in [6.45, 7) is 6.73. The first kappa shape index (κ1) is 11.4. The molecule has 0 unspecified atom stereocenters. The lowest BCUT2D eigenvalue weighted by molar-refractivity contribution is 0.222. The van der Waals surface area contributed by atoms with E-state index in [4.69, 9.17) is 4.42 Å². The summed E-state index contributed by atoms with van der Waals surface area (Å²) in [6.07, 6.45) is 2.95. The molecule has 0 amide bonds. The number of aryl methyl sites for hydroxylation is 2. The van der Waals surface area contributed by atoms with E-state index in [1.807, 2.05) is 26.1 Å². The van der Waals surface area contributed by atoms with Crippen molar-refractivity contribution in [2.45, 2.75) is 33.4 Å². The first-order valence-corrected chi connectivity index (χ1v) is 6.30. The number of hydrogen-bond donors (Lipinski definition) is 0. The van der Waals surface area contributed by atoms with Gasteiger partial charge in [-0.1, -0.05) is 0 Å². The van der Waals surface area contributed by atoms with Crippen LogP contribution in [0.2, 0.25) is 0 Å². The summed E-state index contributed by atoms with van der Waals surface area (Å²) in [6, 6.07) is 4.07. The normalized spacial score (nSPS) is 15.7. The van der Waals surface area contributed by atoms with Crippen molar-refractivity contribution in [1.29, 1.82) is 0 Å². The molecule has 18 heavy (non-hydrogen) atoms. The molecule has 4 nitrogen and oxygen atoms in total. The maximum absolute atomic E-state index is 5.62. The van der Waals surface area contributed by atoms with Gasteiger partial charge in [0, 0.05) is 37.0 Å². The van der Waals surface area contributed by atoms with E-state index < -0.39 is 0 Å². The van der Waals surface area contributed by atoms with Gasteiger partial charge in [0.15, 0.2) is 0 Å². The van der Waals surface area contributed by atoms with Crippen LogP contribution < -0.4 is 0 Å². The molecule has 0 aliphatic carbocycles. The van der Waals surface area contributed by atoms with E-state index in [1.54, 1.807) is 0 Å². The van der Waals surface area contributed by atoms with Gasteiger partial charge in [0.25, 0.3) is 0 Å². The van der Waals surface area contributed by atoms with Crippen LogP contribution in [0.15, 0.2) is 22.7 Å². The average molecular weight is 243 g/mol. The van der Waals surface area contributed by atoms with Crippen molar-refractivity contribution in [1.82, 2.24) is 14.9 Å². The second-order valence-electron chi connectivity index (χ2n) is 4.86. The zero-order valence-electron chi connectivity index (χ0n) is 10.8. The molecular weight excluding hydrogens is 226 g/mol. The van der Waals surface area contributed by atoms with E-state index in [0.29, 0.717) is 0 Å². The highest BCUT2D eigenvalue weighted by Gasteiger charge is 2.18. The fourth-order valence-electron chi connectivity index (χ4n) is 2.40. The standard InChI is InChI=1S/C14H17N3O/c1-10-3-4-13(18-10)9-17-6-5-14-12(8-17)7-15-11(2)16-14/h3-4,7H,5-6,8-9H2,1-2H3. The summed E-state index contributed by atoms with van der Waals surface area (Å²) in [5.74, 6) is 2.87. The van der Waals surface area contributed by atoms with Gasteiger partial charge in [0.05, 0.1) is 6.54 Å². The third kappa shape index (κ3) is 2.29. The number of nitrogens with zero attached hydrogens (tertiary/aromatic N) is 3. The Labute approximate surface area is 107 Å². The molecule has 0 saturated heterocycles. The van der Waals surface area contributed by atoms with Gasteiger partial charge in [-0.2, -0.15) is 0 Å². The number of hydrogen-bond acceptors (Lipinski definition) is 4. The molecule has 3 rings (SSSR count). The summed E-state index contributed by atoms with van der Waals surface area (Å²) in [7, 11) is 0. The molecule has 4 heteroatoms. The minimum atomic E-state index is 0.862. The molecule has 94 valence electrons. The zero-order chi connectivity index (χ0) is 12.5. The minimum absolute atomic E-state index is 0.862. The largest absolute Gasteiger partial charge is 0.465 e. The van der Waals surface area contributed by atoms with Crippen LogP contribution in [-0.4, -0.2) is 21.4 Å². The third-order valence-electron chi connectivity index (χ3n) is 3.31. The number of furan rings is 1. The van der Waals surface area contributed by atoms with Crippen LogP contribution >= 0.6 is 0 Å². The van der Waals surface area contributed by atoms with Crippen molar-refractivity contribution in [2.75, 3.05) is 6.54 Å². The predicted octanol–water partition coefficient (Wildman–Crippen LogP) is 2.24. The van der Waals surface area contributed by atoms with Gasteiger partial charge in [-0.15, -0.1) is 0 Å². The molecular formula is C14H17N3O. The zero-order valence-corrected chi connectivity index (χ0v) is 10.8. The summed E-state index contributed by atoms with van der Waals surface area (Å²) in [5, 5.41) is 0. The first-order valence-electron chi connectivity index (χ1n) is 6.30. The lowest BCUT2D eigenvalue weighted by Gasteiger charge is -2.27. The van der Waals surface area contributed by atoms with Crippen LogP contribution in [0.3, 0.4) is 0 Å². The van der Waals surface area contributed by atoms with Crippen molar-refractivity contribution in [2.24, 2.45) is 0 Å². The Balaban J connectivity index is 1.73. The first-order chi connectivity index (χ1) is 8.70. The fraction of sp³-hybridized carbons (Fsp3) is 0.429. The molecule has 0 radical (unpaired) electrons. The van der Waals surface area contributed by atoms with E-state index in [9.17, 15) is 0 Å². The third-order valence-corrected chi connectivity index (χ3v) is 3.31. The van der Waals surface area contributed by atoms with Gasteiger partial charge in [-0.3, -0.25) is 4.90 Å². The van der Waals surface area contributed by atoms with Gasteiger partial charge < -0.3 is 4.42 Å². The number of fused-ring (bicyclic) bond motifs is 1. The minimum Gasteiger partial charge on any atom is -0.465 e. The second-order valence-corrected chi connectivity index (χ2v) is 4.86. The Hall–Kier alpha value is -1.68. The molecule has 1 aliphatic heterocycles. The highest BCUT2D eigenvalue weighted by molar-refractivity contribution is 5.20. The van der Waals surface area contributed by atoms with Gasteiger partial charge >= 0.3 is 0 Å². The van der Waals surface area contributed by atoms with Gasteiger partial charge in [0.2, 0.25) is 0 Å². The van der Waals surface area contributed by atoms with Crippen LogP contribution in [0.5, 0.6) is 0 Å². The van der Waals surface area contributed by atoms with Gasteiger partial charge in [-0.25, -0.2) is 9.97 Å². The van der Waals surface area contributed by atoms with E-state index in [2.05, 4.69) is 20.9 Å². The molecule has 1 aliphatic rings. The summed E-state index contributed by atoms with van der Waals surface area (Å²) in [4.78, 5) is 11.1. The molecule has 2 aromatic heterocycles. The Morgan fingerprint density at radius 2 is 2.22 bits per heavy atom. The van der Waals surface area contributed by atoms with Gasteiger partial charge in [0.1, 0.15) is 17.3 Å². The molecule has 0 fully saturated rings. The van der Waals surface area contributed by atoms with Crippen molar-refractivity contribution in [3.63, 3.8) is 0 Å². The van der Waals surface area contributed by atoms with E-state index >= 15 is 0 Å². The van der Waals surface area contributed by atoms with Crippen LogP contribution in [0.1, 0.15) is 28.6 Å². The number of rotatable bonds is 2. The molecule has 0 N–H and O–H groups in total. The van der Waals surface area contributed by atoms with Crippen molar-refractivity contribution in [3.8, 4) is 0 Å². The quantitative estimate of drug-likeness (QED) is 0.811. The molecule has 0 aromatic carbocycles. The van der Waals surface area contributed by atoms with Gasteiger partial charge in [-0.05, 0) is 26.0 Å². The Morgan fingerprint density at radius 3 is 3.00 bits per heavy atom. The SMILES string of the molecule is Cc1ncc2c(n1)CCN(Cc1ccc(C)o1)C2. The summed E-state index contributed by atoms with van der Waals surface area (Å²) < 4.78 is 5.62. The maximum Gasteiger partial charge on any atom is 0.125 e. The monoisotopic (exact) mass is 243 g/mol. The van der Waals surface area contributed by atoms with Crippen molar-refractivity contribution >= 4 is 0 Å². The van der Waals surface area contributed by atoms with Crippen LogP contribution in [0, 0.1) is 13.8 Å². The lowest BCUT2D eigenvalue weighted by atomic mass is 10.1. The maximum atomic E-state index is 5.62. The Morgan fingerprint density at radius 1 is 1.33 bits per heavy atom. The van der Waals surface area contributed by atoms with E-state index in [-0.39, 0.29) is 0 Å². The summed E-state index contributed by atoms with van der Waals surface area (Å²) >= 11 is 0. The molecule has 0 bridgehead atoms. The highest BCUT2D eigenvalue weighted by Crippen LogP contribution is 2.19. The Kier molecular flexibility index (Phi) is 2.88. The molecule has 0 atom stereocenters. The predicted molar refractivity (Wildman–Crippen MR) is 68.0 cm³/mol. The average Bonchev–Trinajstić information content (AvgIpc) is 2.75. The van der Waals surface area contributed by atoms with Crippen LogP contribution in [-0.2, 0) is 19.5 Å². The molecule has 3 heterocycles. The van der Waals surface area contributed by atoms with Crippen LogP contribution in [0.25, 0.3) is 0 Å². The molecule has 2 aromatic rings. The molecule has 0 saturated carbocycles. The van der Waals surface area contributed by atoms with E-state index in [1.165, 1.54) is 11.3 Å². The van der Waals surface area contributed by atoms with Crippen molar-refractivity contribution < 1.29 is 4.42 Å². The van der Waals surface area contributed by atoms with Crippen molar-refractivity contribution in [3.05, 3.63) is 46.9 Å². The lowest BCUT2D eigenvalue weighted by Crippen LogP contribution is -2.30. The van der Waals surface area contributed by atoms with E-state index in [0.717, 1.165) is 43.4 Å². The second kappa shape index (κ2) is 4.53. The summed E-state index contributed by atoms with van der Waals surface area (Å²) in [5.41, 5.74) is 2.45. The highest BCUT2D eigenvalue weighted by atomic mass is 16.3. The Bertz CT molecular complexity index is 562. The number of aromatic nitrogens is 2. The topological polar surface area (TPSA) is 42.2 Å². The molecule has 0 spiro atoms. The smallest absolute Gasteiger partial charge is 0.125 e. The fourth-order valence-corrected chi connectivity index (χ4v) is 2.40. The van der Waals surface area contributed by atoms with Crippen LogP contribution in [0.4, 0.5) is 0 Å².